The molecule has 4 rings (SSSR count). The van der Waals surface area contributed by atoms with Crippen molar-refractivity contribution in [3.8, 4) is 11.3 Å². The molecule has 3 heterocycles. The van der Waals surface area contributed by atoms with E-state index in [0.29, 0.717) is 6.04 Å². The van der Waals surface area contributed by atoms with Gasteiger partial charge in [0.2, 0.25) is 0 Å². The van der Waals surface area contributed by atoms with Gasteiger partial charge < -0.3 is 14.7 Å². The zero-order chi connectivity index (χ0) is 17.1. The van der Waals surface area contributed by atoms with Gasteiger partial charge in [0.25, 0.3) is 0 Å². The summed E-state index contributed by atoms with van der Waals surface area (Å²) in [7, 11) is 0. The van der Waals surface area contributed by atoms with Crippen molar-refractivity contribution >= 4 is 17.0 Å². The lowest BCUT2D eigenvalue weighted by Crippen LogP contribution is -2.42. The van der Waals surface area contributed by atoms with Crippen LogP contribution < -0.4 is 10.2 Å². The summed E-state index contributed by atoms with van der Waals surface area (Å²) in [6, 6.07) is 11.2. The Morgan fingerprint density at radius 1 is 1.28 bits per heavy atom. The Hall–Kier alpha value is -2.18. The van der Waals surface area contributed by atoms with Gasteiger partial charge in [-0.25, -0.2) is 4.98 Å². The fraction of sp³-hybridized carbons (Fsp3) is 0.368. The van der Waals surface area contributed by atoms with Crippen LogP contribution in [0.3, 0.4) is 0 Å². The third-order valence-corrected chi connectivity index (χ3v) is 5.27. The van der Waals surface area contributed by atoms with Gasteiger partial charge >= 0.3 is 0 Å². The van der Waals surface area contributed by atoms with Gasteiger partial charge in [-0.1, -0.05) is 17.3 Å². The Morgan fingerprint density at radius 2 is 2.16 bits per heavy atom. The quantitative estimate of drug-likeness (QED) is 0.754. The largest absolute Gasteiger partial charge is 0.371 e. The summed E-state index contributed by atoms with van der Waals surface area (Å²) in [6.07, 6.45) is 2.27. The fourth-order valence-corrected chi connectivity index (χ4v) is 3.87. The molecule has 5 nitrogen and oxygen atoms in total. The highest BCUT2D eigenvalue weighted by Gasteiger charge is 2.19. The van der Waals surface area contributed by atoms with Gasteiger partial charge in [-0.2, -0.15) is 0 Å². The molecule has 1 saturated heterocycles. The minimum Gasteiger partial charge on any atom is -0.371 e. The van der Waals surface area contributed by atoms with Gasteiger partial charge in [-0.15, -0.1) is 11.3 Å². The molecule has 1 fully saturated rings. The Bertz CT molecular complexity index is 806. The van der Waals surface area contributed by atoms with Crippen molar-refractivity contribution in [1.82, 2.24) is 15.5 Å². The highest BCUT2D eigenvalue weighted by molar-refractivity contribution is 7.07. The van der Waals surface area contributed by atoms with Crippen LogP contribution in [0.5, 0.6) is 0 Å². The van der Waals surface area contributed by atoms with Crippen LogP contribution >= 0.6 is 11.3 Å². The predicted molar refractivity (Wildman–Crippen MR) is 101 cm³/mol. The molecular weight excluding hydrogens is 332 g/mol. The second kappa shape index (κ2) is 7.37. The van der Waals surface area contributed by atoms with E-state index in [2.05, 4.69) is 50.0 Å². The van der Waals surface area contributed by atoms with Crippen molar-refractivity contribution in [3.63, 3.8) is 0 Å². The molecule has 25 heavy (non-hydrogen) atoms. The number of rotatable bonds is 5. The Kier molecular flexibility index (Phi) is 4.81. The van der Waals surface area contributed by atoms with E-state index in [1.807, 2.05) is 18.5 Å². The van der Waals surface area contributed by atoms with Crippen LogP contribution in [0, 0.1) is 6.92 Å². The summed E-state index contributed by atoms with van der Waals surface area (Å²) in [6.45, 7) is 4.84. The van der Waals surface area contributed by atoms with E-state index in [9.17, 15) is 0 Å². The number of aryl methyl sites for hydroxylation is 1. The molecule has 0 spiro atoms. The van der Waals surface area contributed by atoms with Gasteiger partial charge in [-0.3, -0.25) is 0 Å². The van der Waals surface area contributed by atoms with E-state index in [1.54, 1.807) is 11.3 Å². The van der Waals surface area contributed by atoms with Crippen LogP contribution in [0.4, 0.5) is 5.69 Å². The minimum absolute atomic E-state index is 0.537. The number of nitrogens with one attached hydrogen (secondary N) is 1. The maximum atomic E-state index is 5.12. The van der Waals surface area contributed by atoms with Crippen molar-refractivity contribution in [2.45, 2.75) is 32.4 Å². The van der Waals surface area contributed by atoms with Crippen LogP contribution in [-0.4, -0.2) is 29.3 Å². The third kappa shape index (κ3) is 3.91. The minimum atomic E-state index is 0.537. The van der Waals surface area contributed by atoms with Crippen LogP contribution in [0.25, 0.3) is 11.3 Å². The molecule has 0 amide bonds. The number of benzene rings is 1. The molecule has 1 aromatic carbocycles. The Balaban J connectivity index is 1.33. The lowest BCUT2D eigenvalue weighted by atomic mass is 10.0. The lowest BCUT2D eigenvalue weighted by Gasteiger charge is -2.34. The summed E-state index contributed by atoms with van der Waals surface area (Å²) >= 11 is 1.64. The molecule has 3 aromatic rings. The SMILES string of the molecule is Cc1cc(CNC2CCN(c3cccc(-c4cscn4)c3)CC2)no1. The maximum Gasteiger partial charge on any atom is 0.133 e. The lowest BCUT2D eigenvalue weighted by molar-refractivity contribution is 0.376. The summed E-state index contributed by atoms with van der Waals surface area (Å²) in [5.41, 5.74) is 6.41. The summed E-state index contributed by atoms with van der Waals surface area (Å²) in [5, 5.41) is 9.74. The van der Waals surface area contributed by atoms with Gasteiger partial charge in [0.1, 0.15) is 5.76 Å². The fourth-order valence-electron chi connectivity index (χ4n) is 3.31. The standard InChI is InChI=1S/C19H22N4OS/c1-14-9-17(22-24-14)11-20-16-5-7-23(8-6-16)18-4-2-3-15(10-18)19-12-25-13-21-19/h2-4,9-10,12-13,16,20H,5-8,11H2,1H3. The van der Waals surface area contributed by atoms with E-state index in [-0.39, 0.29) is 0 Å². The van der Waals surface area contributed by atoms with Crippen molar-refractivity contribution in [1.29, 1.82) is 0 Å². The molecule has 1 aliphatic heterocycles. The predicted octanol–water partition coefficient (Wildman–Crippen LogP) is 3.87. The number of piperidine rings is 1. The number of aromatic nitrogens is 2. The van der Waals surface area contributed by atoms with E-state index >= 15 is 0 Å². The van der Waals surface area contributed by atoms with Crippen LogP contribution in [0.15, 0.2) is 45.7 Å². The molecule has 0 aliphatic carbocycles. The molecule has 0 radical (unpaired) electrons. The average molecular weight is 354 g/mol. The van der Waals surface area contributed by atoms with Crippen molar-refractivity contribution < 1.29 is 4.52 Å². The zero-order valence-corrected chi connectivity index (χ0v) is 15.1. The molecule has 130 valence electrons. The van der Waals surface area contributed by atoms with Crippen molar-refractivity contribution in [3.05, 3.63) is 52.7 Å². The molecule has 2 aromatic heterocycles. The van der Waals surface area contributed by atoms with Crippen LogP contribution in [0.2, 0.25) is 0 Å². The first-order valence-corrected chi connectivity index (χ1v) is 9.61. The first-order valence-electron chi connectivity index (χ1n) is 8.67. The van der Waals surface area contributed by atoms with E-state index in [4.69, 9.17) is 4.52 Å². The maximum absolute atomic E-state index is 5.12. The summed E-state index contributed by atoms with van der Waals surface area (Å²) < 4.78 is 5.12. The Morgan fingerprint density at radius 3 is 2.88 bits per heavy atom. The highest BCUT2D eigenvalue weighted by atomic mass is 32.1. The van der Waals surface area contributed by atoms with Gasteiger partial charge in [0, 0.05) is 48.4 Å². The second-order valence-electron chi connectivity index (χ2n) is 6.50. The second-order valence-corrected chi connectivity index (χ2v) is 7.21. The number of thiazole rings is 1. The average Bonchev–Trinajstić information content (AvgIpc) is 3.32. The molecule has 0 bridgehead atoms. The van der Waals surface area contributed by atoms with E-state index < -0.39 is 0 Å². The highest BCUT2D eigenvalue weighted by Crippen LogP contribution is 2.26. The summed E-state index contributed by atoms with van der Waals surface area (Å²) in [5.74, 6) is 0.867. The Labute approximate surface area is 151 Å². The monoisotopic (exact) mass is 354 g/mol. The number of hydrogen-bond acceptors (Lipinski definition) is 6. The zero-order valence-electron chi connectivity index (χ0n) is 14.3. The molecule has 0 atom stereocenters. The van der Waals surface area contributed by atoms with Crippen molar-refractivity contribution in [2.75, 3.05) is 18.0 Å². The van der Waals surface area contributed by atoms with Crippen LogP contribution in [0.1, 0.15) is 24.3 Å². The number of anilines is 1. The van der Waals surface area contributed by atoms with Gasteiger partial charge in [0.05, 0.1) is 16.9 Å². The topological polar surface area (TPSA) is 54.2 Å². The molecule has 0 unspecified atom stereocenters. The normalized spacial score (nSPS) is 15.6. The number of nitrogens with zero attached hydrogens (tertiary/aromatic N) is 3. The van der Waals surface area contributed by atoms with Gasteiger partial charge in [-0.05, 0) is 31.9 Å². The van der Waals surface area contributed by atoms with E-state index in [1.165, 1.54) is 11.3 Å². The first kappa shape index (κ1) is 16.3. The third-order valence-electron chi connectivity index (χ3n) is 4.68. The molecule has 0 saturated carbocycles. The van der Waals surface area contributed by atoms with Crippen molar-refractivity contribution in [2.24, 2.45) is 0 Å². The summed E-state index contributed by atoms with van der Waals surface area (Å²) in [4.78, 5) is 6.88. The smallest absolute Gasteiger partial charge is 0.133 e. The first-order chi connectivity index (χ1) is 12.3. The number of hydrogen-bond donors (Lipinski definition) is 1. The van der Waals surface area contributed by atoms with Gasteiger partial charge in [0.15, 0.2) is 0 Å². The molecule has 1 N–H and O–H groups in total. The van der Waals surface area contributed by atoms with E-state index in [0.717, 1.165) is 49.6 Å². The molecular formula is C19H22N4OS. The molecule has 6 heteroatoms. The van der Waals surface area contributed by atoms with Crippen LogP contribution in [-0.2, 0) is 6.54 Å². The molecule has 1 aliphatic rings.